The van der Waals surface area contributed by atoms with Crippen molar-refractivity contribution in [3.8, 4) is 0 Å². The molecule has 0 saturated carbocycles. The van der Waals surface area contributed by atoms with Crippen LogP contribution in [-0.2, 0) is 9.83 Å². The van der Waals surface area contributed by atoms with Gasteiger partial charge in [0.2, 0.25) is 0 Å². The maximum Gasteiger partial charge on any atom is 0.129 e. The summed E-state index contributed by atoms with van der Waals surface area (Å²) in [6.07, 6.45) is 3.28. The van der Waals surface area contributed by atoms with Crippen molar-refractivity contribution in [1.82, 2.24) is 5.32 Å². The zero-order chi connectivity index (χ0) is 7.84. The molecule has 6 heteroatoms. The first-order valence-corrected chi connectivity index (χ1v) is 5.80. The van der Waals surface area contributed by atoms with E-state index in [1.54, 1.807) is 12.5 Å². The molecule has 2 unspecified atom stereocenters. The molecule has 1 saturated heterocycles. The second kappa shape index (κ2) is 2.69. The molecule has 0 bridgehead atoms. The van der Waals surface area contributed by atoms with Gasteiger partial charge in [0.25, 0.3) is 0 Å². The molecule has 11 heavy (non-hydrogen) atoms. The highest BCUT2D eigenvalue weighted by Crippen LogP contribution is 2.35. The minimum atomic E-state index is -1.01. The van der Waals surface area contributed by atoms with Crippen molar-refractivity contribution in [2.24, 2.45) is 4.99 Å². The Morgan fingerprint density at radius 1 is 1.82 bits per heavy atom. The van der Waals surface area contributed by atoms with Crippen molar-refractivity contribution in [3.05, 3.63) is 11.1 Å². The topological polar surface area (TPSA) is 41.5 Å². The maximum atomic E-state index is 11.2. The van der Waals surface area contributed by atoms with Crippen LogP contribution in [0.5, 0.6) is 0 Å². The van der Waals surface area contributed by atoms with Gasteiger partial charge in [0.15, 0.2) is 0 Å². The van der Waals surface area contributed by atoms with Crippen LogP contribution in [0, 0.1) is 0 Å². The molecular formula is C5H4N2OS3. The van der Waals surface area contributed by atoms with E-state index in [4.69, 9.17) is 12.2 Å². The highest BCUT2D eigenvalue weighted by molar-refractivity contribution is 8.79. The fraction of sp³-hybridized carbons (Fsp3) is 0.200. The van der Waals surface area contributed by atoms with E-state index in [1.807, 2.05) is 0 Å². The van der Waals surface area contributed by atoms with Crippen molar-refractivity contribution >= 4 is 43.4 Å². The van der Waals surface area contributed by atoms with Gasteiger partial charge in [0, 0.05) is 6.20 Å². The zero-order valence-corrected chi connectivity index (χ0v) is 7.76. The summed E-state index contributed by atoms with van der Waals surface area (Å²) < 4.78 is 11.9. The van der Waals surface area contributed by atoms with Crippen molar-refractivity contribution in [2.75, 3.05) is 0 Å². The van der Waals surface area contributed by atoms with E-state index in [1.165, 1.54) is 10.8 Å². The Balaban J connectivity index is 2.42. The second-order valence-electron chi connectivity index (χ2n) is 2.03. The molecule has 1 N–H and O–H groups in total. The molecule has 2 aliphatic heterocycles. The van der Waals surface area contributed by atoms with Gasteiger partial charge in [-0.25, -0.2) is 4.21 Å². The molecule has 0 aliphatic carbocycles. The van der Waals surface area contributed by atoms with Crippen LogP contribution in [0.1, 0.15) is 0 Å². The Morgan fingerprint density at radius 3 is 3.36 bits per heavy atom. The summed E-state index contributed by atoms with van der Waals surface area (Å²) in [6, 6.07) is -0.128. The van der Waals surface area contributed by atoms with E-state index in [2.05, 4.69) is 10.3 Å². The molecule has 2 heterocycles. The number of nitrogens with one attached hydrogen (secondary N) is 1. The average molecular weight is 204 g/mol. The summed E-state index contributed by atoms with van der Waals surface area (Å²) in [5.74, 6) is 0. The molecule has 0 aromatic heterocycles. The van der Waals surface area contributed by atoms with Crippen molar-refractivity contribution in [1.29, 1.82) is 0 Å². The highest BCUT2D eigenvalue weighted by atomic mass is 33.1. The van der Waals surface area contributed by atoms with Crippen LogP contribution in [0.2, 0.25) is 0 Å². The molecule has 0 aromatic carbocycles. The minimum absolute atomic E-state index is 0.128. The Labute approximate surface area is 75.2 Å². The van der Waals surface area contributed by atoms with Gasteiger partial charge in [0.05, 0.1) is 15.4 Å². The number of aliphatic imine (C=N–C) groups is 1. The van der Waals surface area contributed by atoms with Gasteiger partial charge in [-0.15, -0.1) is 0 Å². The van der Waals surface area contributed by atoms with Crippen LogP contribution in [0.3, 0.4) is 0 Å². The Bertz CT molecular complexity index is 296. The number of hydrogen-bond acceptors (Lipinski definition) is 5. The van der Waals surface area contributed by atoms with Crippen molar-refractivity contribution in [3.63, 3.8) is 0 Å². The number of nitrogens with zero attached hydrogens (tertiary/aromatic N) is 1. The molecule has 2 rings (SSSR count). The predicted octanol–water partition coefficient (Wildman–Crippen LogP) is 0.566. The first kappa shape index (κ1) is 7.45. The predicted molar refractivity (Wildman–Crippen MR) is 51.8 cm³/mol. The third kappa shape index (κ3) is 1.15. The lowest BCUT2D eigenvalue weighted by Gasteiger charge is -2.07. The third-order valence-electron chi connectivity index (χ3n) is 1.37. The number of hydrogen-bond donors (Lipinski definition) is 1. The summed E-state index contributed by atoms with van der Waals surface area (Å²) in [6.45, 7) is 0. The van der Waals surface area contributed by atoms with Crippen LogP contribution in [-0.4, -0.2) is 20.8 Å². The standard InChI is InChI=1S/C5H4N2OS3/c8-11-3-1-6-2-7-4(3)5(9)10-11/h1-2,4H,(H,6,7). The third-order valence-corrected chi connectivity index (χ3v) is 4.99. The highest BCUT2D eigenvalue weighted by Gasteiger charge is 2.34. The molecule has 0 amide bonds. The van der Waals surface area contributed by atoms with Crippen LogP contribution in [0.25, 0.3) is 0 Å². The summed E-state index contributed by atoms with van der Waals surface area (Å²) in [5.41, 5.74) is 0. The molecule has 58 valence electrons. The lowest BCUT2D eigenvalue weighted by atomic mass is 10.3. The zero-order valence-electron chi connectivity index (χ0n) is 5.31. The van der Waals surface area contributed by atoms with Gasteiger partial charge < -0.3 is 5.32 Å². The van der Waals surface area contributed by atoms with Crippen molar-refractivity contribution < 1.29 is 4.21 Å². The molecule has 0 radical (unpaired) electrons. The van der Waals surface area contributed by atoms with Crippen molar-refractivity contribution in [2.45, 2.75) is 6.04 Å². The summed E-state index contributed by atoms with van der Waals surface area (Å²) in [4.78, 5) is 4.84. The van der Waals surface area contributed by atoms with Crippen LogP contribution in [0.15, 0.2) is 16.1 Å². The quantitative estimate of drug-likeness (QED) is 0.462. The second-order valence-corrected chi connectivity index (χ2v) is 5.68. The van der Waals surface area contributed by atoms with E-state index in [0.717, 1.165) is 4.91 Å². The van der Waals surface area contributed by atoms with E-state index in [9.17, 15) is 4.21 Å². The SMILES string of the molecule is O=S1SC(=S)C2N=CNC=C21. The molecule has 2 atom stereocenters. The lowest BCUT2D eigenvalue weighted by Crippen LogP contribution is -2.19. The number of rotatable bonds is 0. The normalized spacial score (nSPS) is 34.5. The molecular weight excluding hydrogens is 200 g/mol. The van der Waals surface area contributed by atoms with Crippen LogP contribution >= 0.6 is 23.0 Å². The van der Waals surface area contributed by atoms with Gasteiger partial charge in [-0.3, -0.25) is 4.99 Å². The largest absolute Gasteiger partial charge is 0.352 e. The summed E-state index contributed by atoms with van der Waals surface area (Å²) in [5, 5.41) is 2.79. The van der Waals surface area contributed by atoms with E-state index in [0.29, 0.717) is 4.20 Å². The molecule has 0 spiro atoms. The average Bonchev–Trinajstić information content (AvgIpc) is 2.30. The van der Waals surface area contributed by atoms with Crippen LogP contribution in [0.4, 0.5) is 0 Å². The van der Waals surface area contributed by atoms with Gasteiger partial charge >= 0.3 is 0 Å². The Kier molecular flexibility index (Phi) is 1.82. The van der Waals surface area contributed by atoms with E-state index < -0.39 is 9.83 Å². The van der Waals surface area contributed by atoms with Gasteiger partial charge in [0.1, 0.15) is 15.9 Å². The first-order valence-electron chi connectivity index (χ1n) is 2.91. The van der Waals surface area contributed by atoms with E-state index >= 15 is 0 Å². The first-order chi connectivity index (χ1) is 5.29. The summed E-state index contributed by atoms with van der Waals surface area (Å²) in [7, 11) is 0.198. The molecule has 0 aromatic rings. The Morgan fingerprint density at radius 2 is 2.64 bits per heavy atom. The van der Waals surface area contributed by atoms with Gasteiger partial charge in [-0.05, 0) is 10.8 Å². The fourth-order valence-electron chi connectivity index (χ4n) is 0.874. The maximum absolute atomic E-state index is 11.2. The fourth-order valence-corrected chi connectivity index (χ4v) is 4.24. The van der Waals surface area contributed by atoms with E-state index in [-0.39, 0.29) is 6.04 Å². The smallest absolute Gasteiger partial charge is 0.129 e. The van der Waals surface area contributed by atoms with Gasteiger partial charge in [-0.2, -0.15) is 0 Å². The molecule has 1 fully saturated rings. The number of fused-ring (bicyclic) bond motifs is 1. The van der Waals surface area contributed by atoms with Gasteiger partial charge in [-0.1, -0.05) is 12.2 Å². The molecule has 3 nitrogen and oxygen atoms in total. The van der Waals surface area contributed by atoms with Crippen LogP contribution < -0.4 is 5.32 Å². The lowest BCUT2D eigenvalue weighted by molar-refractivity contribution is 0.694. The number of thiocarbonyl (C=S) groups is 1. The minimum Gasteiger partial charge on any atom is -0.352 e. The summed E-state index contributed by atoms with van der Waals surface area (Å²) >= 11 is 4.98. The molecule has 2 aliphatic rings. The monoisotopic (exact) mass is 204 g/mol. The Hall–Kier alpha value is -0.200.